The van der Waals surface area contributed by atoms with Crippen molar-refractivity contribution in [1.82, 2.24) is 4.72 Å². The van der Waals surface area contributed by atoms with Gasteiger partial charge in [-0.3, -0.25) is 0 Å². The quantitative estimate of drug-likeness (QED) is 0.774. The summed E-state index contributed by atoms with van der Waals surface area (Å²) < 4.78 is 33.7. The van der Waals surface area contributed by atoms with E-state index in [1.165, 1.54) is 26.0 Å². The molecule has 1 aromatic carbocycles. The van der Waals surface area contributed by atoms with Gasteiger partial charge in [0.2, 0.25) is 10.0 Å². The van der Waals surface area contributed by atoms with Gasteiger partial charge in [-0.05, 0) is 53.7 Å². The van der Waals surface area contributed by atoms with Crippen LogP contribution in [0.3, 0.4) is 0 Å². The maximum absolute atomic E-state index is 12.6. The van der Waals surface area contributed by atoms with Gasteiger partial charge in [-0.1, -0.05) is 12.8 Å². The molecule has 5 nitrogen and oxygen atoms in total. The van der Waals surface area contributed by atoms with E-state index in [1.807, 2.05) is 6.92 Å². The lowest BCUT2D eigenvalue weighted by atomic mass is 10.0. The molecule has 21 heavy (non-hydrogen) atoms. The SMILES string of the molecule is COc1cc(Br)c(N)cc1S(=O)(=O)NC(C)C1CCCC1. The van der Waals surface area contributed by atoms with Crippen LogP contribution < -0.4 is 15.2 Å². The van der Waals surface area contributed by atoms with E-state index < -0.39 is 10.0 Å². The van der Waals surface area contributed by atoms with E-state index in [0.717, 1.165) is 12.8 Å². The van der Waals surface area contributed by atoms with Crippen molar-refractivity contribution in [1.29, 1.82) is 0 Å². The Kier molecular flexibility index (Phi) is 5.16. The third-order valence-corrected chi connectivity index (χ3v) is 6.29. The molecule has 1 unspecified atom stereocenters. The molecular weight excluding hydrogens is 356 g/mol. The summed E-state index contributed by atoms with van der Waals surface area (Å²) in [4.78, 5) is 0.0792. The van der Waals surface area contributed by atoms with Crippen LogP contribution in [0.25, 0.3) is 0 Å². The average molecular weight is 377 g/mol. The third kappa shape index (κ3) is 3.70. The van der Waals surface area contributed by atoms with Crippen molar-refractivity contribution in [3.8, 4) is 5.75 Å². The van der Waals surface area contributed by atoms with Crippen molar-refractivity contribution in [2.24, 2.45) is 5.92 Å². The average Bonchev–Trinajstić information content (AvgIpc) is 2.94. The maximum atomic E-state index is 12.6. The highest BCUT2D eigenvalue weighted by Gasteiger charge is 2.28. The van der Waals surface area contributed by atoms with Crippen LogP contribution in [-0.4, -0.2) is 21.6 Å². The van der Waals surface area contributed by atoms with Gasteiger partial charge in [0.1, 0.15) is 10.6 Å². The summed E-state index contributed by atoms with van der Waals surface area (Å²) in [5.74, 6) is 0.681. The zero-order chi connectivity index (χ0) is 15.6. The van der Waals surface area contributed by atoms with Gasteiger partial charge in [0, 0.05) is 16.2 Å². The van der Waals surface area contributed by atoms with Crippen molar-refractivity contribution in [2.45, 2.75) is 43.5 Å². The molecular formula is C14H21BrN2O3S. The molecule has 1 atom stereocenters. The van der Waals surface area contributed by atoms with Crippen molar-refractivity contribution in [3.05, 3.63) is 16.6 Å². The predicted octanol–water partition coefficient (Wildman–Crippen LogP) is 2.90. The van der Waals surface area contributed by atoms with E-state index in [9.17, 15) is 8.42 Å². The Morgan fingerprint density at radius 1 is 1.38 bits per heavy atom. The fourth-order valence-electron chi connectivity index (χ4n) is 2.78. The third-order valence-electron chi connectivity index (χ3n) is 4.02. The number of nitrogens with one attached hydrogen (secondary N) is 1. The molecule has 0 heterocycles. The Labute approximate surface area is 134 Å². The second-order valence-corrected chi connectivity index (χ2v) is 8.02. The minimum atomic E-state index is -3.65. The van der Waals surface area contributed by atoms with Crippen LogP contribution in [0.15, 0.2) is 21.5 Å². The van der Waals surface area contributed by atoms with Crippen molar-refractivity contribution in [2.75, 3.05) is 12.8 Å². The molecule has 7 heteroatoms. The van der Waals surface area contributed by atoms with E-state index in [-0.39, 0.29) is 16.7 Å². The van der Waals surface area contributed by atoms with Crippen LogP contribution in [-0.2, 0) is 10.0 Å². The van der Waals surface area contributed by atoms with Gasteiger partial charge in [0.25, 0.3) is 0 Å². The molecule has 0 aliphatic heterocycles. The highest BCUT2D eigenvalue weighted by molar-refractivity contribution is 9.10. The summed E-state index contributed by atoms with van der Waals surface area (Å²) in [6, 6.07) is 2.91. The van der Waals surface area contributed by atoms with Crippen molar-refractivity contribution >= 4 is 31.6 Å². The molecule has 1 saturated carbocycles. The van der Waals surface area contributed by atoms with Crippen LogP contribution in [0.1, 0.15) is 32.6 Å². The van der Waals surface area contributed by atoms with Gasteiger partial charge in [-0.25, -0.2) is 13.1 Å². The molecule has 0 amide bonds. The number of hydrogen-bond donors (Lipinski definition) is 2. The Balaban J connectivity index is 2.28. The topological polar surface area (TPSA) is 81.4 Å². The van der Waals surface area contributed by atoms with Crippen LogP contribution in [0.4, 0.5) is 5.69 Å². The molecule has 0 radical (unpaired) electrons. The second kappa shape index (κ2) is 6.54. The summed E-state index contributed by atoms with van der Waals surface area (Å²) in [6.45, 7) is 1.92. The number of nitrogen functional groups attached to an aromatic ring is 1. The monoisotopic (exact) mass is 376 g/mol. The first-order chi connectivity index (χ1) is 9.85. The normalized spacial score (nSPS) is 17.9. The number of sulfonamides is 1. The summed E-state index contributed by atoms with van der Waals surface area (Å²) in [5.41, 5.74) is 6.16. The zero-order valence-electron chi connectivity index (χ0n) is 12.2. The number of methoxy groups -OCH3 is 1. The predicted molar refractivity (Wildman–Crippen MR) is 86.8 cm³/mol. The summed E-state index contributed by atoms with van der Waals surface area (Å²) in [7, 11) is -2.21. The van der Waals surface area contributed by atoms with E-state index in [2.05, 4.69) is 20.7 Å². The molecule has 0 spiro atoms. The highest BCUT2D eigenvalue weighted by Crippen LogP contribution is 2.33. The van der Waals surface area contributed by atoms with E-state index in [1.54, 1.807) is 6.07 Å². The van der Waals surface area contributed by atoms with Crippen molar-refractivity contribution in [3.63, 3.8) is 0 Å². The van der Waals surface area contributed by atoms with Gasteiger partial charge >= 0.3 is 0 Å². The fourth-order valence-corrected chi connectivity index (χ4v) is 4.60. The van der Waals surface area contributed by atoms with Gasteiger partial charge < -0.3 is 10.5 Å². The van der Waals surface area contributed by atoms with Gasteiger partial charge in [0.15, 0.2) is 0 Å². The van der Waals surface area contributed by atoms with Crippen LogP contribution >= 0.6 is 15.9 Å². The number of hydrogen-bond acceptors (Lipinski definition) is 4. The van der Waals surface area contributed by atoms with E-state index in [4.69, 9.17) is 10.5 Å². The highest BCUT2D eigenvalue weighted by atomic mass is 79.9. The van der Waals surface area contributed by atoms with E-state index >= 15 is 0 Å². The van der Waals surface area contributed by atoms with Gasteiger partial charge in [-0.2, -0.15) is 0 Å². The standard InChI is InChI=1S/C14H21BrN2O3S/c1-9(10-5-3-4-6-10)17-21(18,19)14-8-12(16)11(15)7-13(14)20-2/h7-10,17H,3-6,16H2,1-2H3. The molecule has 0 saturated heterocycles. The van der Waals surface area contributed by atoms with Crippen LogP contribution in [0.5, 0.6) is 5.75 Å². The second-order valence-electron chi connectivity index (χ2n) is 5.48. The van der Waals surface area contributed by atoms with Crippen molar-refractivity contribution < 1.29 is 13.2 Å². The molecule has 1 aromatic rings. The minimum absolute atomic E-state index is 0.0792. The molecule has 3 N–H and O–H groups in total. The van der Waals surface area contributed by atoms with Crippen LogP contribution in [0.2, 0.25) is 0 Å². The maximum Gasteiger partial charge on any atom is 0.244 e. The van der Waals surface area contributed by atoms with Gasteiger partial charge in [0.05, 0.1) is 7.11 Å². The molecule has 1 aliphatic rings. The smallest absolute Gasteiger partial charge is 0.244 e. The summed E-state index contributed by atoms with van der Waals surface area (Å²) in [5, 5.41) is 0. The molecule has 118 valence electrons. The largest absolute Gasteiger partial charge is 0.495 e. The first-order valence-electron chi connectivity index (χ1n) is 7.00. The lowest BCUT2D eigenvalue weighted by molar-refractivity contribution is 0.398. The summed E-state index contributed by atoms with van der Waals surface area (Å²) in [6.07, 6.45) is 4.49. The fraction of sp³-hybridized carbons (Fsp3) is 0.571. The first-order valence-corrected chi connectivity index (χ1v) is 9.28. The minimum Gasteiger partial charge on any atom is -0.495 e. The van der Waals surface area contributed by atoms with Crippen LogP contribution in [0, 0.1) is 5.92 Å². The molecule has 1 aliphatic carbocycles. The Bertz CT molecular complexity index is 613. The number of halogens is 1. The number of anilines is 1. The lowest BCUT2D eigenvalue weighted by Crippen LogP contribution is -2.37. The lowest BCUT2D eigenvalue weighted by Gasteiger charge is -2.21. The first kappa shape index (κ1) is 16.6. The molecule has 2 rings (SSSR count). The Hall–Kier alpha value is -0.790. The zero-order valence-corrected chi connectivity index (χ0v) is 14.6. The van der Waals surface area contributed by atoms with E-state index in [0.29, 0.717) is 16.1 Å². The molecule has 1 fully saturated rings. The number of nitrogens with two attached hydrogens (primary N) is 1. The number of ether oxygens (including phenoxy) is 1. The number of benzene rings is 1. The summed E-state index contributed by atoms with van der Waals surface area (Å²) >= 11 is 3.27. The molecule has 0 aromatic heterocycles. The molecule has 0 bridgehead atoms. The van der Waals surface area contributed by atoms with Gasteiger partial charge in [-0.15, -0.1) is 0 Å². The Morgan fingerprint density at radius 2 is 2.00 bits per heavy atom. The number of rotatable bonds is 5. The Morgan fingerprint density at radius 3 is 2.57 bits per heavy atom.